The second-order valence-electron chi connectivity index (χ2n) is 4.14. The summed E-state index contributed by atoms with van der Waals surface area (Å²) in [6.07, 6.45) is 0. The molecule has 2 aromatic rings. The number of halogens is 1. The molecule has 0 radical (unpaired) electrons. The van der Waals surface area contributed by atoms with Crippen LogP contribution in [0.2, 0.25) is 5.02 Å². The second-order valence-corrected chi connectivity index (χ2v) is 4.58. The number of nitrogens with zero attached hydrogens (tertiary/aromatic N) is 1. The van der Waals surface area contributed by atoms with Gasteiger partial charge in [-0.25, -0.2) is 4.98 Å². The Hall–Kier alpha value is -1.65. The first-order chi connectivity index (χ1) is 9.20. The molecule has 1 amide bonds. The molecule has 1 aromatic heterocycles. The van der Waals surface area contributed by atoms with Gasteiger partial charge in [0.15, 0.2) is 0 Å². The van der Waals surface area contributed by atoms with Crippen LogP contribution in [-0.4, -0.2) is 30.5 Å². The van der Waals surface area contributed by atoms with Gasteiger partial charge in [-0.3, -0.25) is 4.79 Å². The fraction of sp³-hybridized carbons (Fsp3) is 0.286. The van der Waals surface area contributed by atoms with Crippen molar-refractivity contribution < 1.29 is 4.79 Å². The molecule has 0 saturated carbocycles. The van der Waals surface area contributed by atoms with Crippen molar-refractivity contribution in [2.75, 3.05) is 19.6 Å². The van der Waals surface area contributed by atoms with Crippen molar-refractivity contribution in [3.63, 3.8) is 0 Å². The summed E-state index contributed by atoms with van der Waals surface area (Å²) in [6, 6.07) is 9.04. The Bertz CT molecular complexity index is 586. The van der Waals surface area contributed by atoms with Crippen molar-refractivity contribution in [1.29, 1.82) is 0 Å². The normalized spacial score (nSPS) is 10.6. The molecule has 1 aromatic carbocycles. The molecular weight excluding hydrogens is 262 g/mol. The quantitative estimate of drug-likeness (QED) is 0.824. The number of rotatable bonds is 5. The van der Waals surface area contributed by atoms with Crippen molar-refractivity contribution in [2.24, 2.45) is 0 Å². The van der Waals surface area contributed by atoms with Crippen molar-refractivity contribution in [1.82, 2.24) is 15.6 Å². The Morgan fingerprint density at radius 3 is 2.84 bits per heavy atom. The maximum absolute atomic E-state index is 11.9. The molecular formula is C14H16ClN3O. The van der Waals surface area contributed by atoms with Crippen molar-refractivity contribution >= 4 is 28.4 Å². The highest BCUT2D eigenvalue weighted by atomic mass is 35.5. The molecule has 0 aliphatic carbocycles. The van der Waals surface area contributed by atoms with Crippen LogP contribution in [0.4, 0.5) is 0 Å². The van der Waals surface area contributed by atoms with Gasteiger partial charge in [0.1, 0.15) is 5.69 Å². The number of pyridine rings is 1. The molecule has 0 aliphatic rings. The average molecular weight is 278 g/mol. The number of carbonyl (C=O) groups is 1. The van der Waals surface area contributed by atoms with Crippen LogP contribution >= 0.6 is 11.6 Å². The summed E-state index contributed by atoms with van der Waals surface area (Å²) >= 11 is 5.92. The highest BCUT2D eigenvalue weighted by Gasteiger charge is 2.07. The van der Waals surface area contributed by atoms with Gasteiger partial charge in [0.2, 0.25) is 0 Å². The van der Waals surface area contributed by atoms with E-state index < -0.39 is 0 Å². The van der Waals surface area contributed by atoms with E-state index in [1.54, 1.807) is 12.1 Å². The largest absolute Gasteiger partial charge is 0.349 e. The van der Waals surface area contributed by atoms with E-state index in [-0.39, 0.29) is 5.91 Å². The van der Waals surface area contributed by atoms with Crippen LogP contribution < -0.4 is 10.6 Å². The van der Waals surface area contributed by atoms with Crippen LogP contribution in [0.25, 0.3) is 10.9 Å². The molecule has 0 fully saturated rings. The first kappa shape index (κ1) is 13.8. The van der Waals surface area contributed by atoms with Crippen LogP contribution in [0.15, 0.2) is 30.3 Å². The van der Waals surface area contributed by atoms with Crippen molar-refractivity contribution in [2.45, 2.75) is 6.92 Å². The number of aromatic nitrogens is 1. The lowest BCUT2D eigenvalue weighted by Gasteiger charge is -2.06. The Morgan fingerprint density at radius 2 is 2.05 bits per heavy atom. The maximum atomic E-state index is 11.9. The lowest BCUT2D eigenvalue weighted by molar-refractivity contribution is 0.0949. The molecule has 0 aliphatic heterocycles. The topological polar surface area (TPSA) is 54.0 Å². The van der Waals surface area contributed by atoms with E-state index >= 15 is 0 Å². The van der Waals surface area contributed by atoms with Crippen LogP contribution in [0.1, 0.15) is 17.4 Å². The Kier molecular flexibility index (Phi) is 4.71. The predicted octanol–water partition coefficient (Wildman–Crippen LogP) is 2.23. The van der Waals surface area contributed by atoms with E-state index in [1.807, 2.05) is 25.1 Å². The zero-order valence-corrected chi connectivity index (χ0v) is 11.5. The number of hydrogen-bond donors (Lipinski definition) is 2. The van der Waals surface area contributed by atoms with Gasteiger partial charge in [-0.05, 0) is 24.7 Å². The number of amides is 1. The third-order valence-electron chi connectivity index (χ3n) is 2.72. The van der Waals surface area contributed by atoms with Crippen molar-refractivity contribution in [3.8, 4) is 0 Å². The molecule has 5 heteroatoms. The highest BCUT2D eigenvalue weighted by molar-refractivity contribution is 6.31. The van der Waals surface area contributed by atoms with E-state index in [0.717, 1.165) is 24.0 Å². The third kappa shape index (κ3) is 3.66. The van der Waals surface area contributed by atoms with Crippen molar-refractivity contribution in [3.05, 3.63) is 41.0 Å². The summed E-state index contributed by atoms with van der Waals surface area (Å²) in [5, 5.41) is 7.54. The minimum absolute atomic E-state index is 0.167. The summed E-state index contributed by atoms with van der Waals surface area (Å²) in [6.45, 7) is 4.25. The lowest BCUT2D eigenvalue weighted by atomic mass is 10.2. The Balaban J connectivity index is 2.09. The fourth-order valence-electron chi connectivity index (χ4n) is 1.75. The van der Waals surface area contributed by atoms with E-state index in [1.165, 1.54) is 0 Å². The van der Waals surface area contributed by atoms with Gasteiger partial charge < -0.3 is 10.6 Å². The molecule has 100 valence electrons. The van der Waals surface area contributed by atoms with Gasteiger partial charge in [-0.2, -0.15) is 0 Å². The van der Waals surface area contributed by atoms with Gasteiger partial charge in [0.25, 0.3) is 5.91 Å². The molecule has 1 heterocycles. The number of nitrogens with one attached hydrogen (secondary N) is 2. The first-order valence-electron chi connectivity index (χ1n) is 6.26. The molecule has 0 unspecified atom stereocenters. The third-order valence-corrected chi connectivity index (χ3v) is 2.96. The molecule has 0 spiro atoms. The van der Waals surface area contributed by atoms with Gasteiger partial charge in [-0.15, -0.1) is 0 Å². The molecule has 19 heavy (non-hydrogen) atoms. The number of benzene rings is 1. The Labute approximate surface area is 117 Å². The van der Waals surface area contributed by atoms with Gasteiger partial charge >= 0.3 is 0 Å². The summed E-state index contributed by atoms with van der Waals surface area (Å²) in [4.78, 5) is 16.2. The Morgan fingerprint density at radius 1 is 1.26 bits per heavy atom. The maximum Gasteiger partial charge on any atom is 0.269 e. The molecule has 4 nitrogen and oxygen atoms in total. The number of hydrogen-bond acceptors (Lipinski definition) is 3. The molecule has 2 N–H and O–H groups in total. The number of likely N-dealkylation sites (N-methyl/N-ethyl adjacent to an activating group) is 1. The van der Waals surface area contributed by atoms with Crippen LogP contribution in [0, 0.1) is 0 Å². The number of carbonyl (C=O) groups excluding carboxylic acids is 1. The van der Waals surface area contributed by atoms with E-state index in [4.69, 9.17) is 11.6 Å². The second kappa shape index (κ2) is 6.50. The predicted molar refractivity (Wildman–Crippen MR) is 77.6 cm³/mol. The zero-order valence-electron chi connectivity index (χ0n) is 10.7. The summed E-state index contributed by atoms with van der Waals surface area (Å²) in [5.41, 5.74) is 1.14. The molecule has 0 atom stereocenters. The fourth-order valence-corrected chi connectivity index (χ4v) is 1.91. The monoisotopic (exact) mass is 277 g/mol. The average Bonchev–Trinajstić information content (AvgIpc) is 2.42. The van der Waals surface area contributed by atoms with Gasteiger partial charge in [0.05, 0.1) is 5.52 Å². The standard InChI is InChI=1S/C14H16ClN3O/c1-2-16-7-8-17-14(19)12-6-4-10-3-5-11(15)9-13(10)18-12/h3-6,9,16H,2,7-8H2,1H3,(H,17,19). The zero-order chi connectivity index (χ0) is 13.7. The minimum atomic E-state index is -0.167. The lowest BCUT2D eigenvalue weighted by Crippen LogP contribution is -2.32. The SMILES string of the molecule is CCNCCNC(=O)c1ccc2ccc(Cl)cc2n1. The summed E-state index contributed by atoms with van der Waals surface area (Å²) < 4.78 is 0. The highest BCUT2D eigenvalue weighted by Crippen LogP contribution is 2.17. The molecule has 2 rings (SSSR count). The minimum Gasteiger partial charge on any atom is -0.349 e. The number of fused-ring (bicyclic) bond motifs is 1. The van der Waals surface area contributed by atoms with Crippen LogP contribution in [0.5, 0.6) is 0 Å². The van der Waals surface area contributed by atoms with E-state index in [9.17, 15) is 4.79 Å². The summed E-state index contributed by atoms with van der Waals surface area (Å²) in [5.74, 6) is -0.167. The summed E-state index contributed by atoms with van der Waals surface area (Å²) in [7, 11) is 0. The van der Waals surface area contributed by atoms with E-state index in [0.29, 0.717) is 17.3 Å². The molecule has 0 bridgehead atoms. The van der Waals surface area contributed by atoms with E-state index in [2.05, 4.69) is 15.6 Å². The van der Waals surface area contributed by atoms with Crippen LogP contribution in [-0.2, 0) is 0 Å². The smallest absolute Gasteiger partial charge is 0.269 e. The van der Waals surface area contributed by atoms with Crippen LogP contribution in [0.3, 0.4) is 0 Å². The molecule has 0 saturated heterocycles. The van der Waals surface area contributed by atoms with Gasteiger partial charge in [-0.1, -0.05) is 30.7 Å². The van der Waals surface area contributed by atoms with Gasteiger partial charge in [0, 0.05) is 23.5 Å². The first-order valence-corrected chi connectivity index (χ1v) is 6.63.